The average Bonchev–Trinajstić information content (AvgIpc) is 3.00. The molecule has 1 amide bonds. The molecule has 2 rings (SSSR count). The Hall–Kier alpha value is -2.47. The fourth-order valence-electron chi connectivity index (χ4n) is 3.23. The zero-order valence-corrected chi connectivity index (χ0v) is 22.3. The highest BCUT2D eigenvalue weighted by Crippen LogP contribution is 2.26. The lowest BCUT2D eigenvalue weighted by Gasteiger charge is -2.19. The summed E-state index contributed by atoms with van der Waals surface area (Å²) in [5.41, 5.74) is 1.49. The largest absolute Gasteiger partial charge is 0.444 e. The number of halogens is 2. The number of aliphatic hydroxyl groups is 1. The highest BCUT2D eigenvalue weighted by Gasteiger charge is 2.22. The smallest absolute Gasteiger partial charge is 0.407 e. The summed E-state index contributed by atoms with van der Waals surface area (Å²) < 4.78 is 47.0. The van der Waals surface area contributed by atoms with Gasteiger partial charge in [-0.1, -0.05) is 17.7 Å². The summed E-state index contributed by atoms with van der Waals surface area (Å²) in [6, 6.07) is 4.56. The molecule has 0 aliphatic heterocycles. The van der Waals surface area contributed by atoms with E-state index >= 15 is 0 Å². The van der Waals surface area contributed by atoms with Crippen LogP contribution in [0.2, 0.25) is 5.02 Å². The fraction of sp³-hybridized carbons (Fsp3) is 0.478. The second-order valence-corrected chi connectivity index (χ2v) is 11.6. The van der Waals surface area contributed by atoms with Crippen molar-refractivity contribution in [3.8, 4) is 0 Å². The summed E-state index contributed by atoms with van der Waals surface area (Å²) >= 11 is 6.23. The van der Waals surface area contributed by atoms with E-state index in [0.717, 1.165) is 4.31 Å². The number of carbonyl (C=O) groups excluding carboxylic acids is 1. The van der Waals surface area contributed by atoms with Crippen molar-refractivity contribution in [1.29, 1.82) is 0 Å². The Morgan fingerprint density at radius 1 is 1.34 bits per heavy atom. The number of alkyl carbamates (subject to hydrolysis) is 1. The van der Waals surface area contributed by atoms with Crippen LogP contribution in [0.4, 0.5) is 9.18 Å². The SMILES string of the molecule is Cc1nn(Cc2ccc(S(=O)(=O)N(C)C)c(Cl)c2)c(CO)c1C/C(F)=C/CNC(=O)OC(C)(C)C. The summed E-state index contributed by atoms with van der Waals surface area (Å²) in [7, 11) is -0.854. The van der Waals surface area contributed by atoms with Gasteiger partial charge in [0.1, 0.15) is 16.3 Å². The maximum absolute atomic E-state index is 14.6. The first kappa shape index (κ1) is 28.8. The van der Waals surface area contributed by atoms with Crippen LogP contribution in [0, 0.1) is 6.92 Å². The lowest BCUT2D eigenvalue weighted by atomic mass is 10.1. The molecule has 0 radical (unpaired) electrons. The topological polar surface area (TPSA) is 114 Å². The first-order valence-electron chi connectivity index (χ1n) is 10.8. The zero-order chi connectivity index (χ0) is 26.6. The van der Waals surface area contributed by atoms with Crippen molar-refractivity contribution in [2.75, 3.05) is 20.6 Å². The minimum Gasteiger partial charge on any atom is -0.444 e. The first-order valence-corrected chi connectivity index (χ1v) is 12.7. The molecule has 35 heavy (non-hydrogen) atoms. The van der Waals surface area contributed by atoms with Gasteiger partial charge in [-0.05, 0) is 51.5 Å². The molecular formula is C23H32ClFN4O5S. The van der Waals surface area contributed by atoms with Gasteiger partial charge in [0, 0.05) is 32.6 Å². The number of aryl methyl sites for hydroxylation is 1. The van der Waals surface area contributed by atoms with Crippen molar-refractivity contribution in [2.45, 2.75) is 57.8 Å². The van der Waals surface area contributed by atoms with Crippen LogP contribution in [-0.2, 0) is 34.3 Å². The highest BCUT2D eigenvalue weighted by molar-refractivity contribution is 7.89. The van der Waals surface area contributed by atoms with Crippen molar-refractivity contribution in [3.05, 3.63) is 57.6 Å². The van der Waals surface area contributed by atoms with Crippen molar-refractivity contribution in [2.24, 2.45) is 0 Å². The predicted molar refractivity (Wildman–Crippen MR) is 131 cm³/mol. The minimum absolute atomic E-state index is 0.0140. The Morgan fingerprint density at radius 3 is 2.54 bits per heavy atom. The Labute approximate surface area is 210 Å². The van der Waals surface area contributed by atoms with Crippen LogP contribution in [0.1, 0.15) is 43.3 Å². The number of hydrogen-bond acceptors (Lipinski definition) is 6. The third-order valence-electron chi connectivity index (χ3n) is 4.92. The molecule has 1 aromatic carbocycles. The number of amides is 1. The predicted octanol–water partition coefficient (Wildman–Crippen LogP) is 3.56. The molecule has 0 aliphatic carbocycles. The number of carbonyl (C=O) groups is 1. The van der Waals surface area contributed by atoms with E-state index in [0.29, 0.717) is 22.5 Å². The highest BCUT2D eigenvalue weighted by atomic mass is 35.5. The molecule has 194 valence electrons. The van der Waals surface area contributed by atoms with E-state index in [1.54, 1.807) is 33.8 Å². The standard InChI is InChI=1S/C23H32ClFN4O5S/c1-15-18(12-17(25)9-10-26-22(31)34-23(2,3)4)20(14-30)29(27-15)13-16-7-8-21(19(24)11-16)35(32,33)28(5)6/h7-9,11,30H,10,12-14H2,1-6H3,(H,26,31)/b17-9-. The van der Waals surface area contributed by atoms with Gasteiger partial charge in [0.15, 0.2) is 0 Å². The number of hydrogen-bond donors (Lipinski definition) is 2. The zero-order valence-electron chi connectivity index (χ0n) is 20.7. The van der Waals surface area contributed by atoms with Gasteiger partial charge in [0.25, 0.3) is 0 Å². The molecule has 0 fully saturated rings. The molecule has 0 aliphatic rings. The Kier molecular flexibility index (Phi) is 9.46. The van der Waals surface area contributed by atoms with Gasteiger partial charge in [0.05, 0.1) is 29.6 Å². The quantitative estimate of drug-likeness (QED) is 0.512. The summed E-state index contributed by atoms with van der Waals surface area (Å²) in [6.45, 7) is 6.67. The van der Waals surface area contributed by atoms with Gasteiger partial charge in [-0.25, -0.2) is 21.9 Å². The van der Waals surface area contributed by atoms with Crippen molar-refractivity contribution < 1.29 is 27.4 Å². The Bertz CT molecular complexity index is 1200. The van der Waals surface area contributed by atoms with Gasteiger partial charge in [0.2, 0.25) is 10.0 Å². The molecule has 12 heteroatoms. The van der Waals surface area contributed by atoms with Crippen LogP contribution in [-0.4, -0.2) is 59.9 Å². The molecule has 2 N–H and O–H groups in total. The Balaban J connectivity index is 2.17. The molecule has 0 bridgehead atoms. The number of aliphatic hydroxyl groups excluding tert-OH is 1. The number of rotatable bonds is 9. The second kappa shape index (κ2) is 11.5. The number of aromatic nitrogens is 2. The minimum atomic E-state index is -3.69. The van der Waals surface area contributed by atoms with Crippen LogP contribution in [0.5, 0.6) is 0 Å². The van der Waals surface area contributed by atoms with Gasteiger partial charge < -0.3 is 15.2 Å². The number of sulfonamides is 1. The average molecular weight is 531 g/mol. The molecule has 0 spiro atoms. The normalized spacial score (nSPS) is 12.8. The van der Waals surface area contributed by atoms with Crippen LogP contribution >= 0.6 is 11.6 Å². The monoisotopic (exact) mass is 530 g/mol. The van der Waals surface area contributed by atoms with E-state index in [-0.39, 0.29) is 36.0 Å². The van der Waals surface area contributed by atoms with Crippen molar-refractivity contribution in [1.82, 2.24) is 19.4 Å². The third-order valence-corrected chi connectivity index (χ3v) is 7.22. The molecule has 1 heterocycles. The van der Waals surface area contributed by atoms with Gasteiger partial charge in [-0.15, -0.1) is 0 Å². The molecule has 0 unspecified atom stereocenters. The van der Waals surface area contributed by atoms with E-state index < -0.39 is 27.5 Å². The van der Waals surface area contributed by atoms with Gasteiger partial charge in [-0.3, -0.25) is 4.68 Å². The van der Waals surface area contributed by atoms with E-state index in [2.05, 4.69) is 10.4 Å². The van der Waals surface area contributed by atoms with E-state index in [1.165, 1.54) is 37.0 Å². The lowest BCUT2D eigenvalue weighted by molar-refractivity contribution is 0.0534. The van der Waals surface area contributed by atoms with Crippen molar-refractivity contribution in [3.63, 3.8) is 0 Å². The molecule has 1 aromatic heterocycles. The molecule has 0 saturated carbocycles. The summed E-state index contributed by atoms with van der Waals surface area (Å²) in [4.78, 5) is 11.7. The molecule has 0 atom stereocenters. The fourth-order valence-corrected chi connectivity index (χ4v) is 4.66. The number of ether oxygens (including phenoxy) is 1. The summed E-state index contributed by atoms with van der Waals surface area (Å²) in [5, 5.41) is 16.9. The molecule has 2 aromatic rings. The first-order chi connectivity index (χ1) is 16.2. The molecule has 9 nitrogen and oxygen atoms in total. The number of nitrogens with one attached hydrogen (secondary N) is 1. The van der Waals surface area contributed by atoms with Crippen LogP contribution < -0.4 is 5.32 Å². The van der Waals surface area contributed by atoms with Crippen LogP contribution in [0.3, 0.4) is 0 Å². The van der Waals surface area contributed by atoms with E-state index in [1.807, 2.05) is 0 Å². The molecule has 0 saturated heterocycles. The second-order valence-electron chi connectivity index (χ2n) is 9.09. The Morgan fingerprint density at radius 2 is 2.00 bits per heavy atom. The number of allylic oxidation sites excluding steroid dienone is 1. The van der Waals surface area contributed by atoms with Gasteiger partial charge in [-0.2, -0.15) is 5.10 Å². The summed E-state index contributed by atoms with van der Waals surface area (Å²) in [5.74, 6) is -0.500. The maximum atomic E-state index is 14.6. The van der Waals surface area contributed by atoms with Crippen LogP contribution in [0.15, 0.2) is 35.0 Å². The van der Waals surface area contributed by atoms with Gasteiger partial charge >= 0.3 is 6.09 Å². The lowest BCUT2D eigenvalue weighted by Crippen LogP contribution is -2.32. The van der Waals surface area contributed by atoms with E-state index in [4.69, 9.17) is 16.3 Å². The van der Waals surface area contributed by atoms with Crippen LogP contribution in [0.25, 0.3) is 0 Å². The maximum Gasteiger partial charge on any atom is 0.407 e. The number of nitrogens with zero attached hydrogens (tertiary/aromatic N) is 3. The molecular weight excluding hydrogens is 499 g/mol. The summed E-state index contributed by atoms with van der Waals surface area (Å²) in [6.07, 6.45) is 0.467. The third kappa shape index (κ3) is 7.76. The number of benzene rings is 1. The van der Waals surface area contributed by atoms with E-state index in [9.17, 15) is 22.7 Å². The van der Waals surface area contributed by atoms with Crippen molar-refractivity contribution >= 4 is 27.7 Å².